The highest BCUT2D eigenvalue weighted by Crippen LogP contribution is 2.31. The SMILES string of the molecule is NC(=O)C1[C]CCc2cc(CN3CCCCCC3)ccc21. The van der Waals surface area contributed by atoms with Gasteiger partial charge in [0.2, 0.25) is 5.91 Å². The third kappa shape index (κ3) is 3.46. The Hall–Kier alpha value is -1.35. The molecule has 2 aliphatic rings. The molecule has 1 amide bonds. The third-order valence-electron chi connectivity index (χ3n) is 4.65. The highest BCUT2D eigenvalue weighted by molar-refractivity contribution is 5.84. The molecule has 0 aromatic heterocycles. The quantitative estimate of drug-likeness (QED) is 0.927. The molecule has 0 bridgehead atoms. The van der Waals surface area contributed by atoms with Crippen molar-refractivity contribution in [2.75, 3.05) is 13.1 Å². The predicted molar refractivity (Wildman–Crippen MR) is 83.7 cm³/mol. The predicted octanol–water partition coefficient (Wildman–Crippen LogP) is 2.66. The van der Waals surface area contributed by atoms with Crippen LogP contribution in [0.3, 0.4) is 0 Å². The fraction of sp³-hybridized carbons (Fsp3) is 0.556. The molecule has 1 unspecified atom stereocenters. The summed E-state index contributed by atoms with van der Waals surface area (Å²) in [6, 6.07) is 6.52. The van der Waals surface area contributed by atoms with Gasteiger partial charge in [-0.3, -0.25) is 9.69 Å². The highest BCUT2D eigenvalue weighted by atomic mass is 16.1. The number of benzene rings is 1. The number of carbonyl (C=O) groups is 1. The van der Waals surface area contributed by atoms with Crippen molar-refractivity contribution in [2.45, 2.75) is 51.0 Å². The Morgan fingerprint density at radius 2 is 2.00 bits per heavy atom. The number of nitrogens with two attached hydrogens (primary N) is 1. The van der Waals surface area contributed by atoms with Gasteiger partial charge in [-0.2, -0.15) is 0 Å². The van der Waals surface area contributed by atoms with E-state index in [2.05, 4.69) is 29.5 Å². The van der Waals surface area contributed by atoms with E-state index in [4.69, 9.17) is 5.73 Å². The largest absolute Gasteiger partial charge is 0.369 e. The van der Waals surface area contributed by atoms with Gasteiger partial charge in [-0.15, -0.1) is 0 Å². The summed E-state index contributed by atoms with van der Waals surface area (Å²) < 4.78 is 0. The van der Waals surface area contributed by atoms with Crippen LogP contribution in [0.5, 0.6) is 0 Å². The first-order valence-electron chi connectivity index (χ1n) is 8.11. The van der Waals surface area contributed by atoms with Crippen molar-refractivity contribution in [1.29, 1.82) is 0 Å². The van der Waals surface area contributed by atoms with Gasteiger partial charge in [-0.1, -0.05) is 31.0 Å². The molecule has 3 heteroatoms. The van der Waals surface area contributed by atoms with Gasteiger partial charge in [0.1, 0.15) is 0 Å². The van der Waals surface area contributed by atoms with E-state index in [-0.39, 0.29) is 11.8 Å². The van der Waals surface area contributed by atoms with Gasteiger partial charge in [0.25, 0.3) is 0 Å². The fourth-order valence-corrected chi connectivity index (χ4v) is 3.52. The van der Waals surface area contributed by atoms with Crippen LogP contribution in [0.1, 0.15) is 54.7 Å². The molecule has 3 rings (SSSR count). The van der Waals surface area contributed by atoms with Gasteiger partial charge < -0.3 is 5.73 Å². The number of nitrogens with zero attached hydrogens (tertiary/aromatic N) is 1. The number of primary amides is 1. The molecule has 1 aliphatic heterocycles. The lowest BCUT2D eigenvalue weighted by Gasteiger charge is -2.25. The first kappa shape index (κ1) is 14.6. The molecule has 1 aromatic carbocycles. The summed E-state index contributed by atoms with van der Waals surface area (Å²) in [5, 5.41) is 0. The molecule has 1 aromatic rings. The molecule has 3 nitrogen and oxygen atoms in total. The van der Waals surface area contributed by atoms with Crippen molar-refractivity contribution in [2.24, 2.45) is 5.73 Å². The van der Waals surface area contributed by atoms with Crippen LogP contribution in [0.15, 0.2) is 18.2 Å². The normalized spacial score (nSPS) is 23.3. The van der Waals surface area contributed by atoms with Gasteiger partial charge in [-0.05, 0) is 55.5 Å². The Kier molecular flexibility index (Phi) is 4.59. The van der Waals surface area contributed by atoms with Gasteiger partial charge >= 0.3 is 0 Å². The zero-order valence-corrected chi connectivity index (χ0v) is 12.6. The number of carbonyl (C=O) groups excluding carboxylic acids is 1. The molecule has 1 fully saturated rings. The van der Waals surface area contributed by atoms with Crippen molar-refractivity contribution < 1.29 is 4.79 Å². The topological polar surface area (TPSA) is 46.3 Å². The standard InChI is InChI=1S/C18H24N2O/c19-18(21)17-7-5-6-15-12-14(8-9-16(15)17)13-20-10-3-1-2-4-11-20/h8-9,12,17H,1-6,10-11,13H2,(H2,19,21). The third-order valence-corrected chi connectivity index (χ3v) is 4.65. The van der Waals surface area contributed by atoms with E-state index in [0.717, 1.165) is 24.9 Å². The van der Waals surface area contributed by atoms with E-state index in [1.807, 2.05) is 0 Å². The molecule has 112 valence electrons. The van der Waals surface area contributed by atoms with Crippen LogP contribution < -0.4 is 5.73 Å². The van der Waals surface area contributed by atoms with Crippen molar-refractivity contribution in [3.8, 4) is 0 Å². The minimum atomic E-state index is -0.319. The monoisotopic (exact) mass is 284 g/mol. The zero-order chi connectivity index (χ0) is 14.7. The van der Waals surface area contributed by atoms with Crippen LogP contribution in [0.4, 0.5) is 0 Å². The number of aryl methyl sites for hydroxylation is 1. The van der Waals surface area contributed by atoms with Crippen LogP contribution in [-0.4, -0.2) is 23.9 Å². The second-order valence-electron chi connectivity index (χ2n) is 6.26. The molecule has 1 saturated heterocycles. The lowest BCUT2D eigenvalue weighted by molar-refractivity contribution is -0.118. The summed E-state index contributed by atoms with van der Waals surface area (Å²) in [6.07, 6.45) is 10.4. The number of rotatable bonds is 3. The number of fused-ring (bicyclic) bond motifs is 1. The minimum Gasteiger partial charge on any atom is -0.369 e. The Morgan fingerprint density at radius 1 is 1.24 bits per heavy atom. The number of hydrogen-bond acceptors (Lipinski definition) is 2. The summed E-state index contributed by atoms with van der Waals surface area (Å²) in [5.74, 6) is -0.600. The number of likely N-dealkylation sites (tertiary alicyclic amines) is 1. The van der Waals surface area contributed by atoms with Crippen LogP contribution in [0.2, 0.25) is 0 Å². The van der Waals surface area contributed by atoms with Crippen LogP contribution in [0, 0.1) is 6.42 Å². The summed E-state index contributed by atoms with van der Waals surface area (Å²) in [7, 11) is 0. The minimum absolute atomic E-state index is 0.281. The van der Waals surface area contributed by atoms with Crippen LogP contribution in [-0.2, 0) is 17.8 Å². The molecule has 2 N–H and O–H groups in total. The molecule has 1 aliphatic carbocycles. The Bertz CT molecular complexity index is 504. The molecule has 1 atom stereocenters. The summed E-state index contributed by atoms with van der Waals surface area (Å²) >= 11 is 0. The van der Waals surface area contributed by atoms with Gasteiger partial charge in [0.05, 0.1) is 5.92 Å². The van der Waals surface area contributed by atoms with E-state index >= 15 is 0 Å². The Morgan fingerprint density at radius 3 is 2.71 bits per heavy atom. The average molecular weight is 284 g/mol. The van der Waals surface area contributed by atoms with Crippen molar-refractivity contribution in [1.82, 2.24) is 4.90 Å². The molecular weight excluding hydrogens is 260 g/mol. The second kappa shape index (κ2) is 6.61. The maximum atomic E-state index is 11.5. The van der Waals surface area contributed by atoms with E-state index in [0.29, 0.717) is 0 Å². The maximum absolute atomic E-state index is 11.5. The van der Waals surface area contributed by atoms with Crippen LogP contribution in [0.25, 0.3) is 0 Å². The van der Waals surface area contributed by atoms with E-state index in [1.165, 1.54) is 49.9 Å². The zero-order valence-electron chi connectivity index (χ0n) is 12.6. The van der Waals surface area contributed by atoms with E-state index in [9.17, 15) is 4.79 Å². The van der Waals surface area contributed by atoms with Gasteiger partial charge in [0.15, 0.2) is 0 Å². The highest BCUT2D eigenvalue weighted by Gasteiger charge is 2.25. The Labute approximate surface area is 127 Å². The Balaban J connectivity index is 1.74. The summed E-state index contributed by atoms with van der Waals surface area (Å²) in [5.41, 5.74) is 9.18. The molecule has 21 heavy (non-hydrogen) atoms. The second-order valence-corrected chi connectivity index (χ2v) is 6.26. The summed E-state index contributed by atoms with van der Waals surface area (Å²) in [4.78, 5) is 14.1. The molecule has 0 spiro atoms. The van der Waals surface area contributed by atoms with Crippen molar-refractivity contribution in [3.63, 3.8) is 0 Å². The lowest BCUT2D eigenvalue weighted by atomic mass is 9.81. The maximum Gasteiger partial charge on any atom is 0.225 e. The first-order chi connectivity index (χ1) is 10.2. The van der Waals surface area contributed by atoms with E-state index < -0.39 is 0 Å². The molecule has 1 heterocycles. The molecule has 2 radical (unpaired) electrons. The van der Waals surface area contributed by atoms with E-state index in [1.54, 1.807) is 0 Å². The summed E-state index contributed by atoms with van der Waals surface area (Å²) in [6.45, 7) is 3.45. The van der Waals surface area contributed by atoms with Crippen molar-refractivity contribution >= 4 is 5.91 Å². The van der Waals surface area contributed by atoms with Crippen LogP contribution >= 0.6 is 0 Å². The smallest absolute Gasteiger partial charge is 0.225 e. The van der Waals surface area contributed by atoms with Gasteiger partial charge in [-0.25, -0.2) is 0 Å². The first-order valence-corrected chi connectivity index (χ1v) is 8.11. The lowest BCUT2D eigenvalue weighted by Crippen LogP contribution is -2.26. The fourth-order valence-electron chi connectivity index (χ4n) is 3.52. The van der Waals surface area contributed by atoms with Crippen molar-refractivity contribution in [3.05, 3.63) is 41.3 Å². The number of amides is 1. The molecule has 0 saturated carbocycles. The number of hydrogen-bond donors (Lipinski definition) is 1. The molecular formula is C18H24N2O. The average Bonchev–Trinajstić information content (AvgIpc) is 2.75. The van der Waals surface area contributed by atoms with Gasteiger partial charge in [0, 0.05) is 13.0 Å².